The van der Waals surface area contributed by atoms with Crippen LogP contribution < -0.4 is 15.4 Å². The van der Waals surface area contributed by atoms with Crippen molar-refractivity contribution in [3.63, 3.8) is 0 Å². The van der Waals surface area contributed by atoms with Gasteiger partial charge in [-0.2, -0.15) is 22.7 Å². The van der Waals surface area contributed by atoms with Crippen LogP contribution in [-0.4, -0.2) is 37.6 Å². The number of alkyl halides is 4. The number of hydrogen-bond acceptors (Lipinski definition) is 5. The normalized spacial score (nSPS) is 14.4. The van der Waals surface area contributed by atoms with Crippen LogP contribution in [0.5, 0.6) is 5.75 Å². The van der Waals surface area contributed by atoms with E-state index in [4.69, 9.17) is 0 Å². The van der Waals surface area contributed by atoms with Crippen molar-refractivity contribution >= 4 is 11.9 Å². The minimum Gasteiger partial charge on any atom is -0.428 e. The van der Waals surface area contributed by atoms with Gasteiger partial charge in [0.05, 0.1) is 5.54 Å². The Morgan fingerprint density at radius 1 is 0.929 bits per heavy atom. The number of hydrogen-bond donors (Lipinski definition) is 2. The second kappa shape index (κ2) is 14.0. The van der Waals surface area contributed by atoms with Gasteiger partial charge >= 0.3 is 18.6 Å². The van der Waals surface area contributed by atoms with Crippen molar-refractivity contribution < 1.29 is 31.5 Å². The largest absolute Gasteiger partial charge is 0.461 e. The Morgan fingerprint density at radius 3 is 2.38 bits per heavy atom. The van der Waals surface area contributed by atoms with E-state index in [1.165, 1.54) is 36.4 Å². The van der Waals surface area contributed by atoms with Crippen molar-refractivity contribution in [2.45, 2.75) is 50.2 Å². The molecule has 0 saturated carbocycles. The van der Waals surface area contributed by atoms with E-state index in [1.54, 1.807) is 18.2 Å². The molecule has 2 N–H and O–H groups in total. The second-order valence-corrected chi connectivity index (χ2v) is 9.72. The number of urea groups is 1. The fraction of sp³-hybridized carbons (Fsp3) is 0.333. The number of amides is 2. The SMILES string of the molecule is O=C(NCCCCCC1=NCN=N1)N[C@](Cc1ccccc1)(c1ccc(F)cc1)c1cccc(OC(F)(F)C(F)F)c1. The average Bonchev–Trinajstić information content (AvgIpc) is 3.49. The lowest BCUT2D eigenvalue weighted by Crippen LogP contribution is -2.52. The van der Waals surface area contributed by atoms with E-state index in [1.807, 2.05) is 18.2 Å². The van der Waals surface area contributed by atoms with Crippen LogP contribution in [0.3, 0.4) is 0 Å². The van der Waals surface area contributed by atoms with Gasteiger partial charge in [0, 0.05) is 19.4 Å². The third-order valence-electron chi connectivity index (χ3n) is 6.68. The third-order valence-corrected chi connectivity index (χ3v) is 6.68. The second-order valence-electron chi connectivity index (χ2n) is 9.72. The van der Waals surface area contributed by atoms with Gasteiger partial charge in [-0.05, 0) is 53.8 Å². The molecule has 0 radical (unpaired) electrons. The molecule has 3 aromatic rings. The molecule has 0 unspecified atom stereocenters. The first-order chi connectivity index (χ1) is 20.2. The first kappa shape index (κ1) is 30.6. The molecule has 0 aliphatic carbocycles. The predicted molar refractivity (Wildman–Crippen MR) is 148 cm³/mol. The molecule has 0 bridgehead atoms. The fourth-order valence-corrected chi connectivity index (χ4v) is 4.63. The van der Waals surface area contributed by atoms with Gasteiger partial charge in [-0.25, -0.2) is 14.2 Å². The average molecular weight is 588 g/mol. The molecule has 222 valence electrons. The Labute approximate surface area is 239 Å². The van der Waals surface area contributed by atoms with Crippen molar-refractivity contribution in [3.05, 3.63) is 101 Å². The number of nitrogens with zero attached hydrogens (tertiary/aromatic N) is 3. The Kier molecular flexibility index (Phi) is 10.2. The van der Waals surface area contributed by atoms with Crippen LogP contribution in [0.25, 0.3) is 0 Å². The number of halogens is 5. The Hall–Kier alpha value is -4.35. The van der Waals surface area contributed by atoms with E-state index in [0.29, 0.717) is 37.5 Å². The standard InChI is InChI=1S/C30H30F5N5O2/c31-24-15-13-22(14-16-24)29(19-21-8-3-1-4-9-21,23-10-7-11-25(18-23)42-30(34,35)27(32)33)39-28(41)36-17-6-2-5-12-26-37-20-38-40-26/h1,3-4,7-11,13-16,18,27H,2,5-6,12,17,19-20H2,(H2,36,39,41)/t29-/m1/s1. The summed E-state index contributed by atoms with van der Waals surface area (Å²) in [6, 6.07) is 19.1. The highest BCUT2D eigenvalue weighted by atomic mass is 19.3. The van der Waals surface area contributed by atoms with Gasteiger partial charge < -0.3 is 15.4 Å². The van der Waals surface area contributed by atoms with E-state index in [-0.39, 0.29) is 12.0 Å². The van der Waals surface area contributed by atoms with E-state index in [0.717, 1.165) is 24.5 Å². The van der Waals surface area contributed by atoms with E-state index in [2.05, 4.69) is 30.6 Å². The zero-order valence-electron chi connectivity index (χ0n) is 22.6. The van der Waals surface area contributed by atoms with Crippen LogP contribution in [0.2, 0.25) is 0 Å². The van der Waals surface area contributed by atoms with Crippen molar-refractivity contribution in [3.8, 4) is 5.75 Å². The molecule has 12 heteroatoms. The van der Waals surface area contributed by atoms with Crippen LogP contribution >= 0.6 is 0 Å². The molecule has 0 saturated heterocycles. The molecule has 42 heavy (non-hydrogen) atoms. The summed E-state index contributed by atoms with van der Waals surface area (Å²) in [4.78, 5) is 17.5. The molecule has 1 heterocycles. The molecule has 3 aromatic carbocycles. The number of azo groups is 1. The van der Waals surface area contributed by atoms with Gasteiger partial charge in [0.25, 0.3) is 0 Å². The fourth-order valence-electron chi connectivity index (χ4n) is 4.63. The first-order valence-corrected chi connectivity index (χ1v) is 13.4. The lowest BCUT2D eigenvalue weighted by atomic mass is 9.78. The number of benzene rings is 3. The highest BCUT2D eigenvalue weighted by molar-refractivity contribution is 5.83. The van der Waals surface area contributed by atoms with Crippen LogP contribution in [0, 0.1) is 5.82 Å². The zero-order valence-corrected chi connectivity index (χ0v) is 22.6. The smallest absolute Gasteiger partial charge is 0.428 e. The minimum atomic E-state index is -4.73. The van der Waals surface area contributed by atoms with Crippen LogP contribution in [0.1, 0.15) is 42.4 Å². The topological polar surface area (TPSA) is 87.4 Å². The number of carbonyl (C=O) groups excluding carboxylic acids is 1. The monoisotopic (exact) mass is 587 g/mol. The van der Waals surface area contributed by atoms with Crippen molar-refractivity contribution in [1.29, 1.82) is 0 Å². The van der Waals surface area contributed by atoms with Gasteiger partial charge in [0.1, 0.15) is 17.4 Å². The molecular weight excluding hydrogens is 557 g/mol. The maximum atomic E-state index is 14.0. The molecule has 1 atom stereocenters. The number of carbonyl (C=O) groups is 1. The Bertz CT molecular complexity index is 1390. The van der Waals surface area contributed by atoms with E-state index in [9.17, 15) is 26.7 Å². The number of aliphatic imine (C=N–C) groups is 1. The summed E-state index contributed by atoms with van der Waals surface area (Å²) < 4.78 is 71.7. The number of ether oxygens (including phenoxy) is 1. The van der Waals surface area contributed by atoms with Crippen LogP contribution in [0.15, 0.2) is 94.1 Å². The number of unbranched alkanes of at least 4 members (excludes halogenated alkanes) is 2. The number of rotatable bonds is 14. The molecule has 2 amide bonds. The number of amidine groups is 1. The third kappa shape index (κ3) is 8.11. The highest BCUT2D eigenvalue weighted by Crippen LogP contribution is 2.37. The summed E-state index contributed by atoms with van der Waals surface area (Å²) >= 11 is 0. The molecule has 0 fully saturated rings. The maximum absolute atomic E-state index is 14.0. The van der Waals surface area contributed by atoms with Gasteiger partial charge in [-0.15, -0.1) is 5.11 Å². The summed E-state index contributed by atoms with van der Waals surface area (Å²) in [5.74, 6) is -0.329. The lowest BCUT2D eigenvalue weighted by Gasteiger charge is -2.37. The van der Waals surface area contributed by atoms with Gasteiger partial charge in [-0.1, -0.05) is 61.0 Å². The van der Waals surface area contributed by atoms with Crippen LogP contribution in [-0.2, 0) is 12.0 Å². The Morgan fingerprint density at radius 2 is 1.69 bits per heavy atom. The summed E-state index contributed by atoms with van der Waals surface area (Å²) in [5.41, 5.74) is 0.0391. The minimum absolute atomic E-state index is 0.123. The zero-order chi connectivity index (χ0) is 30.0. The molecular formula is C30H30F5N5O2. The molecule has 0 aromatic heterocycles. The molecule has 4 rings (SSSR count). The maximum Gasteiger partial charge on any atom is 0.461 e. The van der Waals surface area contributed by atoms with E-state index < -0.39 is 35.7 Å². The number of nitrogens with one attached hydrogen (secondary N) is 2. The van der Waals surface area contributed by atoms with Gasteiger partial charge in [-0.3, -0.25) is 0 Å². The summed E-state index contributed by atoms with van der Waals surface area (Å²) in [6.07, 6.45) is -5.65. The molecule has 0 spiro atoms. The van der Waals surface area contributed by atoms with Gasteiger partial charge in [0.2, 0.25) is 0 Å². The van der Waals surface area contributed by atoms with Crippen molar-refractivity contribution in [2.24, 2.45) is 15.2 Å². The lowest BCUT2D eigenvalue weighted by molar-refractivity contribution is -0.253. The van der Waals surface area contributed by atoms with E-state index >= 15 is 0 Å². The molecule has 7 nitrogen and oxygen atoms in total. The summed E-state index contributed by atoms with van der Waals surface area (Å²) in [5, 5.41) is 13.5. The quantitative estimate of drug-likeness (QED) is 0.154. The van der Waals surface area contributed by atoms with Gasteiger partial charge in [0.15, 0.2) is 6.67 Å². The highest BCUT2D eigenvalue weighted by Gasteiger charge is 2.44. The summed E-state index contributed by atoms with van der Waals surface area (Å²) in [6.45, 7) is 0.702. The molecule has 1 aliphatic rings. The van der Waals surface area contributed by atoms with Crippen LogP contribution in [0.4, 0.5) is 26.7 Å². The summed E-state index contributed by atoms with van der Waals surface area (Å²) in [7, 11) is 0. The van der Waals surface area contributed by atoms with Crippen molar-refractivity contribution in [2.75, 3.05) is 13.2 Å². The molecule has 1 aliphatic heterocycles. The Balaban J connectivity index is 1.61. The predicted octanol–water partition coefficient (Wildman–Crippen LogP) is 7.23. The first-order valence-electron chi connectivity index (χ1n) is 13.4. The van der Waals surface area contributed by atoms with Crippen molar-refractivity contribution in [1.82, 2.24) is 10.6 Å².